The van der Waals surface area contributed by atoms with Crippen molar-refractivity contribution in [3.05, 3.63) is 24.0 Å². The van der Waals surface area contributed by atoms with Gasteiger partial charge in [-0.15, -0.1) is 0 Å². The molecule has 2 heterocycles. The Kier molecular flexibility index (Phi) is 3.46. The number of benzene rings is 1. The Labute approximate surface area is 118 Å². The summed E-state index contributed by atoms with van der Waals surface area (Å²) in [4.78, 5) is 2.08. The van der Waals surface area contributed by atoms with Crippen LogP contribution in [0.3, 0.4) is 0 Å². The van der Waals surface area contributed by atoms with Crippen LogP contribution in [0.4, 0.5) is 10.1 Å². The second-order valence-electron chi connectivity index (χ2n) is 5.73. The van der Waals surface area contributed by atoms with Crippen LogP contribution in [0.15, 0.2) is 23.1 Å². The molecule has 2 saturated heterocycles. The molecule has 6 heteroatoms. The zero-order valence-electron chi connectivity index (χ0n) is 11.5. The lowest BCUT2D eigenvalue weighted by molar-refractivity contribution is 0.374. The van der Waals surface area contributed by atoms with Crippen molar-refractivity contribution in [2.24, 2.45) is 5.92 Å². The summed E-state index contributed by atoms with van der Waals surface area (Å²) in [5.41, 5.74) is 0.516. The van der Waals surface area contributed by atoms with Crippen molar-refractivity contribution in [2.45, 2.75) is 23.8 Å². The van der Waals surface area contributed by atoms with Crippen LogP contribution in [0.1, 0.15) is 12.8 Å². The fourth-order valence-corrected chi connectivity index (χ4v) is 3.87. The normalized spacial score (nSPS) is 26.6. The van der Waals surface area contributed by atoms with Gasteiger partial charge in [0.1, 0.15) is 5.82 Å². The molecule has 20 heavy (non-hydrogen) atoms. The van der Waals surface area contributed by atoms with Crippen LogP contribution < -0.4 is 10.2 Å². The Balaban J connectivity index is 1.84. The number of nitrogens with zero attached hydrogens (tertiary/aromatic N) is 1. The number of fused-ring (bicyclic) bond motifs is 1. The average molecular weight is 298 g/mol. The van der Waals surface area contributed by atoms with E-state index in [9.17, 15) is 12.8 Å². The molecule has 4 nitrogen and oxygen atoms in total. The Bertz CT molecular complexity index is 618. The maximum Gasteiger partial charge on any atom is 0.175 e. The number of nitrogens with one attached hydrogen (secondary N) is 1. The largest absolute Gasteiger partial charge is 0.369 e. The van der Waals surface area contributed by atoms with E-state index in [1.54, 1.807) is 6.07 Å². The van der Waals surface area contributed by atoms with Gasteiger partial charge in [0.25, 0.3) is 0 Å². The van der Waals surface area contributed by atoms with Crippen LogP contribution in [0, 0.1) is 11.7 Å². The lowest BCUT2D eigenvalue weighted by atomic mass is 9.93. The number of hydrogen-bond acceptors (Lipinski definition) is 4. The SMILES string of the molecule is CS(=O)(=O)c1ccc(N2CCC3NCCC3C2)c(F)c1. The lowest BCUT2D eigenvalue weighted by Crippen LogP contribution is -2.44. The van der Waals surface area contributed by atoms with Crippen molar-refractivity contribution in [3.63, 3.8) is 0 Å². The van der Waals surface area contributed by atoms with Gasteiger partial charge < -0.3 is 10.2 Å². The van der Waals surface area contributed by atoms with Gasteiger partial charge in [-0.05, 0) is 43.5 Å². The summed E-state index contributed by atoms with van der Waals surface area (Å²) in [6, 6.07) is 4.77. The van der Waals surface area contributed by atoms with E-state index in [0.717, 1.165) is 44.8 Å². The summed E-state index contributed by atoms with van der Waals surface area (Å²) in [6.45, 7) is 2.69. The molecule has 0 spiro atoms. The third-order valence-corrected chi connectivity index (χ3v) is 5.45. The minimum Gasteiger partial charge on any atom is -0.369 e. The number of piperidine rings is 1. The molecule has 0 radical (unpaired) electrons. The van der Waals surface area contributed by atoms with Crippen molar-refractivity contribution >= 4 is 15.5 Å². The number of hydrogen-bond donors (Lipinski definition) is 1. The highest BCUT2D eigenvalue weighted by Gasteiger charge is 2.33. The highest BCUT2D eigenvalue weighted by molar-refractivity contribution is 7.90. The Morgan fingerprint density at radius 2 is 2.15 bits per heavy atom. The molecule has 0 bridgehead atoms. The molecular weight excluding hydrogens is 279 g/mol. The number of rotatable bonds is 2. The summed E-state index contributed by atoms with van der Waals surface area (Å²) in [5.74, 6) is 0.120. The van der Waals surface area contributed by atoms with Gasteiger partial charge in [0, 0.05) is 25.4 Å². The van der Waals surface area contributed by atoms with Crippen molar-refractivity contribution in [3.8, 4) is 0 Å². The molecule has 2 fully saturated rings. The molecule has 0 amide bonds. The van der Waals surface area contributed by atoms with E-state index in [-0.39, 0.29) is 4.90 Å². The summed E-state index contributed by atoms with van der Waals surface area (Å²) in [6.07, 6.45) is 3.24. The average Bonchev–Trinajstić information content (AvgIpc) is 2.84. The number of halogens is 1. The molecule has 2 unspecified atom stereocenters. The molecule has 2 aliphatic heterocycles. The van der Waals surface area contributed by atoms with E-state index in [1.807, 2.05) is 4.90 Å². The second-order valence-corrected chi connectivity index (χ2v) is 7.75. The van der Waals surface area contributed by atoms with E-state index in [0.29, 0.717) is 17.6 Å². The highest BCUT2D eigenvalue weighted by atomic mass is 32.2. The minimum atomic E-state index is -3.36. The van der Waals surface area contributed by atoms with Crippen LogP contribution in [-0.4, -0.2) is 40.3 Å². The van der Waals surface area contributed by atoms with E-state index in [4.69, 9.17) is 0 Å². The Morgan fingerprint density at radius 3 is 2.85 bits per heavy atom. The highest BCUT2D eigenvalue weighted by Crippen LogP contribution is 2.30. The molecule has 110 valence electrons. The molecule has 2 atom stereocenters. The predicted molar refractivity (Wildman–Crippen MR) is 76.2 cm³/mol. The van der Waals surface area contributed by atoms with Gasteiger partial charge in [-0.2, -0.15) is 0 Å². The first-order valence-corrected chi connectivity index (χ1v) is 8.82. The molecule has 0 aromatic heterocycles. The van der Waals surface area contributed by atoms with Crippen LogP contribution in [0.5, 0.6) is 0 Å². The van der Waals surface area contributed by atoms with Crippen LogP contribution in [0.25, 0.3) is 0 Å². The minimum absolute atomic E-state index is 0.0381. The third kappa shape index (κ3) is 2.54. The van der Waals surface area contributed by atoms with Gasteiger partial charge in [0.2, 0.25) is 0 Å². The van der Waals surface area contributed by atoms with Crippen molar-refractivity contribution in [1.29, 1.82) is 0 Å². The summed E-state index contributed by atoms with van der Waals surface area (Å²) >= 11 is 0. The van der Waals surface area contributed by atoms with Crippen molar-refractivity contribution < 1.29 is 12.8 Å². The quantitative estimate of drug-likeness (QED) is 0.897. The maximum absolute atomic E-state index is 14.2. The monoisotopic (exact) mass is 298 g/mol. The first-order valence-electron chi connectivity index (χ1n) is 6.93. The number of sulfone groups is 1. The van der Waals surface area contributed by atoms with Gasteiger partial charge in [0.15, 0.2) is 9.84 Å². The van der Waals surface area contributed by atoms with Gasteiger partial charge >= 0.3 is 0 Å². The molecule has 1 aromatic rings. The fraction of sp³-hybridized carbons (Fsp3) is 0.571. The van der Waals surface area contributed by atoms with Crippen molar-refractivity contribution in [1.82, 2.24) is 5.32 Å². The summed E-state index contributed by atoms with van der Waals surface area (Å²) < 4.78 is 37.1. The molecule has 1 aromatic carbocycles. The van der Waals surface area contributed by atoms with E-state index >= 15 is 0 Å². The van der Waals surface area contributed by atoms with E-state index < -0.39 is 15.7 Å². The van der Waals surface area contributed by atoms with Crippen LogP contribution in [-0.2, 0) is 9.84 Å². The maximum atomic E-state index is 14.2. The second kappa shape index (κ2) is 5.00. The molecule has 3 rings (SSSR count). The van der Waals surface area contributed by atoms with Gasteiger partial charge in [-0.1, -0.05) is 0 Å². The van der Waals surface area contributed by atoms with Crippen LogP contribution in [0.2, 0.25) is 0 Å². The standard InChI is InChI=1S/C14H19FN2O2S/c1-20(18,19)11-2-3-14(12(15)8-11)17-7-5-13-10(9-17)4-6-16-13/h2-3,8,10,13,16H,4-7,9H2,1H3. The first-order chi connectivity index (χ1) is 9.45. The zero-order valence-corrected chi connectivity index (χ0v) is 12.3. The van der Waals surface area contributed by atoms with Gasteiger partial charge in [0.05, 0.1) is 10.6 Å². The summed E-state index contributed by atoms with van der Waals surface area (Å²) in [7, 11) is -3.36. The molecule has 0 aliphatic carbocycles. The van der Waals surface area contributed by atoms with Crippen LogP contribution >= 0.6 is 0 Å². The van der Waals surface area contributed by atoms with Gasteiger partial charge in [-0.3, -0.25) is 0 Å². The van der Waals surface area contributed by atoms with Crippen molar-refractivity contribution in [2.75, 3.05) is 30.8 Å². The molecule has 1 N–H and O–H groups in total. The molecule has 2 aliphatic rings. The Morgan fingerprint density at radius 1 is 1.35 bits per heavy atom. The summed E-state index contributed by atoms with van der Waals surface area (Å²) in [5, 5.41) is 3.47. The van der Waals surface area contributed by atoms with E-state index in [1.165, 1.54) is 6.07 Å². The molecular formula is C14H19FN2O2S. The van der Waals surface area contributed by atoms with E-state index in [2.05, 4.69) is 5.32 Å². The first kappa shape index (κ1) is 13.8. The topological polar surface area (TPSA) is 49.4 Å². The van der Waals surface area contributed by atoms with Gasteiger partial charge in [-0.25, -0.2) is 12.8 Å². The predicted octanol–water partition coefficient (Wildman–Crippen LogP) is 1.42. The lowest BCUT2D eigenvalue weighted by Gasteiger charge is -2.36. The Hall–Kier alpha value is -1.14. The molecule has 0 saturated carbocycles. The third-order valence-electron chi connectivity index (χ3n) is 4.34. The number of anilines is 1. The zero-order chi connectivity index (χ0) is 14.3. The smallest absolute Gasteiger partial charge is 0.175 e. The fourth-order valence-electron chi connectivity index (χ4n) is 3.24.